The fraction of sp³-hybridized carbons (Fsp3) is 0.190. The number of hydrazone groups is 1. The summed E-state index contributed by atoms with van der Waals surface area (Å²) in [5.41, 5.74) is 6.02. The molecule has 0 radical (unpaired) electrons. The van der Waals surface area contributed by atoms with E-state index >= 15 is 0 Å². The van der Waals surface area contributed by atoms with Crippen molar-refractivity contribution < 1.29 is 9.52 Å². The molecule has 1 amide bonds. The van der Waals surface area contributed by atoms with Gasteiger partial charge in [0.15, 0.2) is 5.69 Å². The normalized spacial score (nSPS) is 11.0. The Bertz CT molecular complexity index is 976. The van der Waals surface area contributed by atoms with Crippen LogP contribution in [0.4, 0.5) is 5.69 Å². The molecule has 7 heteroatoms. The Labute approximate surface area is 164 Å². The lowest BCUT2D eigenvalue weighted by Crippen LogP contribution is -2.36. The Hall–Kier alpha value is -3.61. The molecule has 0 fully saturated rings. The van der Waals surface area contributed by atoms with Crippen LogP contribution in [0.25, 0.3) is 0 Å². The van der Waals surface area contributed by atoms with E-state index in [9.17, 15) is 10.0 Å². The van der Waals surface area contributed by atoms with Gasteiger partial charge in [-0.1, -0.05) is 42.5 Å². The predicted molar refractivity (Wildman–Crippen MR) is 110 cm³/mol. The first-order valence-corrected chi connectivity index (χ1v) is 8.89. The van der Waals surface area contributed by atoms with Gasteiger partial charge in [0.1, 0.15) is 6.54 Å². The van der Waals surface area contributed by atoms with Crippen molar-refractivity contribution in [2.24, 2.45) is 5.10 Å². The van der Waals surface area contributed by atoms with Crippen molar-refractivity contribution in [3.63, 3.8) is 0 Å². The number of benzene rings is 2. The summed E-state index contributed by atoms with van der Waals surface area (Å²) in [6.45, 7) is 2.26. The summed E-state index contributed by atoms with van der Waals surface area (Å²) >= 11 is 0. The van der Waals surface area contributed by atoms with Crippen LogP contribution in [0.15, 0.2) is 66.0 Å². The Balaban J connectivity index is 1.68. The third-order valence-corrected chi connectivity index (χ3v) is 4.44. The summed E-state index contributed by atoms with van der Waals surface area (Å²) in [6, 6.07) is 17.5. The smallest absolute Gasteiger partial charge is 0.315 e. The maximum atomic E-state index is 12.4. The lowest BCUT2D eigenvalue weighted by Gasteiger charge is -2.11. The maximum absolute atomic E-state index is 12.4. The Morgan fingerprint density at radius 3 is 2.50 bits per heavy atom. The van der Waals surface area contributed by atoms with Gasteiger partial charge >= 0.3 is 5.91 Å². The molecule has 1 N–H and O–H groups in total. The summed E-state index contributed by atoms with van der Waals surface area (Å²) in [4.78, 5) is 14.4. The van der Waals surface area contributed by atoms with Crippen LogP contribution in [-0.2, 0) is 6.54 Å². The number of aromatic nitrogens is 2. The molecule has 0 aliphatic rings. The molecular formula is C21H23N5O2. The molecule has 0 spiro atoms. The number of nitrogens with zero attached hydrogens (tertiary/aromatic N) is 4. The molecule has 3 aromatic rings. The van der Waals surface area contributed by atoms with E-state index < -0.39 is 5.91 Å². The van der Waals surface area contributed by atoms with Crippen LogP contribution in [0.1, 0.15) is 27.3 Å². The number of carbonyl (C=O) groups is 1. The number of carbonyl (C=O) groups excluding carboxylic acids is 1. The second-order valence-electron chi connectivity index (χ2n) is 6.67. The van der Waals surface area contributed by atoms with E-state index in [1.807, 2.05) is 73.6 Å². The van der Waals surface area contributed by atoms with E-state index in [2.05, 4.69) is 10.5 Å². The van der Waals surface area contributed by atoms with Crippen LogP contribution in [0, 0.1) is 12.1 Å². The number of amides is 1. The number of hydrogen-bond acceptors (Lipinski definition) is 4. The van der Waals surface area contributed by atoms with Crippen molar-refractivity contribution in [2.75, 3.05) is 19.0 Å². The van der Waals surface area contributed by atoms with Gasteiger partial charge in [-0.25, -0.2) is 14.7 Å². The first kappa shape index (κ1) is 19.2. The zero-order valence-electron chi connectivity index (χ0n) is 16.2. The summed E-state index contributed by atoms with van der Waals surface area (Å²) in [6.07, 6.45) is 2.92. The van der Waals surface area contributed by atoms with Crippen LogP contribution in [0.5, 0.6) is 0 Å². The largest absolute Gasteiger partial charge is 0.710 e. The number of hydrogen-bond donors (Lipinski definition) is 1. The van der Waals surface area contributed by atoms with Gasteiger partial charge in [-0.2, -0.15) is 5.10 Å². The highest BCUT2D eigenvalue weighted by molar-refractivity contribution is 5.92. The van der Waals surface area contributed by atoms with Crippen LogP contribution in [0.3, 0.4) is 0 Å². The average molecular weight is 377 g/mol. The SMILES string of the molecule is Cc1c(C(=O)N/N=C\c2ccc(N(C)C)cc2)[n+]([O-])cn1Cc1ccccc1. The topological polar surface area (TPSA) is 76.6 Å². The number of anilines is 1. The minimum atomic E-state index is -0.541. The number of imidazole rings is 1. The lowest BCUT2D eigenvalue weighted by atomic mass is 10.2. The molecule has 0 aliphatic carbocycles. The Kier molecular flexibility index (Phi) is 5.74. The second kappa shape index (κ2) is 8.39. The molecule has 3 rings (SSSR count). The molecule has 7 nitrogen and oxygen atoms in total. The van der Waals surface area contributed by atoms with Gasteiger partial charge in [0.05, 0.1) is 6.21 Å². The van der Waals surface area contributed by atoms with Gasteiger partial charge in [0, 0.05) is 26.7 Å². The first-order chi connectivity index (χ1) is 13.5. The molecule has 28 heavy (non-hydrogen) atoms. The number of nitrogens with one attached hydrogen (secondary N) is 1. The minimum Gasteiger partial charge on any atom is -0.710 e. The molecule has 0 saturated heterocycles. The monoisotopic (exact) mass is 377 g/mol. The fourth-order valence-electron chi connectivity index (χ4n) is 2.85. The molecule has 1 heterocycles. The average Bonchev–Trinajstić information content (AvgIpc) is 2.96. The molecule has 2 aromatic carbocycles. The van der Waals surface area contributed by atoms with Gasteiger partial charge in [-0.05, 0) is 23.3 Å². The third kappa shape index (κ3) is 4.37. The van der Waals surface area contributed by atoms with E-state index in [1.165, 1.54) is 6.33 Å². The summed E-state index contributed by atoms with van der Waals surface area (Å²) in [5.74, 6) is -0.541. The van der Waals surface area contributed by atoms with E-state index in [0.29, 0.717) is 17.0 Å². The van der Waals surface area contributed by atoms with Crippen molar-refractivity contribution in [3.05, 3.63) is 88.6 Å². The highest BCUT2D eigenvalue weighted by atomic mass is 16.5. The quantitative estimate of drug-likeness (QED) is 0.310. The van der Waals surface area contributed by atoms with Crippen molar-refractivity contribution in [1.29, 1.82) is 0 Å². The number of rotatable bonds is 6. The molecule has 1 aromatic heterocycles. The van der Waals surface area contributed by atoms with E-state index in [4.69, 9.17) is 0 Å². The predicted octanol–water partition coefficient (Wildman–Crippen LogP) is 2.31. The molecule has 0 saturated carbocycles. The first-order valence-electron chi connectivity index (χ1n) is 8.89. The van der Waals surface area contributed by atoms with E-state index in [0.717, 1.165) is 16.8 Å². The van der Waals surface area contributed by atoms with Gasteiger partial charge in [0.25, 0.3) is 0 Å². The van der Waals surface area contributed by atoms with Gasteiger partial charge < -0.3 is 10.1 Å². The zero-order valence-corrected chi connectivity index (χ0v) is 16.2. The van der Waals surface area contributed by atoms with Crippen LogP contribution >= 0.6 is 0 Å². The van der Waals surface area contributed by atoms with Crippen LogP contribution in [-0.4, -0.2) is 30.8 Å². The van der Waals surface area contributed by atoms with Crippen molar-refractivity contribution in [3.8, 4) is 0 Å². The Morgan fingerprint density at radius 1 is 1.18 bits per heavy atom. The zero-order chi connectivity index (χ0) is 20.1. The van der Waals surface area contributed by atoms with Gasteiger partial charge in [-0.3, -0.25) is 4.79 Å². The molecular weight excluding hydrogens is 354 g/mol. The molecule has 144 valence electrons. The van der Waals surface area contributed by atoms with Crippen molar-refractivity contribution in [2.45, 2.75) is 13.5 Å². The fourth-order valence-corrected chi connectivity index (χ4v) is 2.85. The summed E-state index contributed by atoms with van der Waals surface area (Å²) < 4.78 is 2.33. The molecule has 0 atom stereocenters. The van der Waals surface area contributed by atoms with Crippen molar-refractivity contribution in [1.82, 2.24) is 9.99 Å². The van der Waals surface area contributed by atoms with E-state index in [-0.39, 0.29) is 5.69 Å². The highest BCUT2D eigenvalue weighted by Crippen LogP contribution is 2.11. The lowest BCUT2D eigenvalue weighted by molar-refractivity contribution is -0.607. The molecule has 0 unspecified atom stereocenters. The van der Waals surface area contributed by atoms with E-state index in [1.54, 1.807) is 17.7 Å². The Morgan fingerprint density at radius 2 is 1.86 bits per heavy atom. The summed E-state index contributed by atoms with van der Waals surface area (Å²) in [7, 11) is 3.93. The molecule has 0 aliphatic heterocycles. The molecule has 0 bridgehead atoms. The van der Waals surface area contributed by atoms with Crippen molar-refractivity contribution >= 4 is 17.8 Å². The highest BCUT2D eigenvalue weighted by Gasteiger charge is 2.23. The third-order valence-electron chi connectivity index (χ3n) is 4.44. The maximum Gasteiger partial charge on any atom is 0.315 e. The van der Waals surface area contributed by atoms with Gasteiger partial charge in [-0.15, -0.1) is 0 Å². The second-order valence-corrected chi connectivity index (χ2v) is 6.67. The van der Waals surface area contributed by atoms with Gasteiger partial charge in [0.2, 0.25) is 12.0 Å². The van der Waals surface area contributed by atoms with Crippen LogP contribution < -0.4 is 15.1 Å². The minimum absolute atomic E-state index is 0.0380. The summed E-state index contributed by atoms with van der Waals surface area (Å²) in [5, 5.41) is 16.2. The standard InChI is InChI=1S/C21H23N5O2/c1-16-20(26(28)15-25(16)14-18-7-5-4-6-8-18)21(27)23-22-13-17-9-11-19(12-10-17)24(2)3/h4-13,15H,14H2,1-3H3,(H,23,27)/b22-13-. The van der Waals surface area contributed by atoms with Crippen LogP contribution in [0.2, 0.25) is 0 Å².